The van der Waals surface area contributed by atoms with Gasteiger partial charge in [0.15, 0.2) is 0 Å². The number of carbonyl (C=O) groups is 1. The minimum atomic E-state index is -0.473. The van der Waals surface area contributed by atoms with Crippen molar-refractivity contribution in [1.82, 2.24) is 4.98 Å². The van der Waals surface area contributed by atoms with Crippen LogP contribution in [0, 0.1) is 11.3 Å². The molecule has 0 aliphatic rings. The maximum Gasteiger partial charge on any atom is 0.266 e. The number of nitrogens with one attached hydrogen (secondary N) is 2. The third-order valence-electron chi connectivity index (χ3n) is 4.29. The molecule has 0 spiro atoms. The van der Waals surface area contributed by atoms with Crippen LogP contribution in [0.3, 0.4) is 0 Å². The number of para-hydroxylation sites is 1. The second-order valence-electron chi connectivity index (χ2n) is 6.11. The Labute approximate surface area is 160 Å². The van der Waals surface area contributed by atoms with Gasteiger partial charge in [-0.2, -0.15) is 5.26 Å². The average molecular weight is 372 g/mol. The van der Waals surface area contributed by atoms with Crippen molar-refractivity contribution in [3.63, 3.8) is 0 Å². The zero-order valence-electron chi connectivity index (χ0n) is 14.2. The first-order valence-corrected chi connectivity index (χ1v) is 8.71. The fourth-order valence-electron chi connectivity index (χ4n) is 3.04. The predicted octanol–water partition coefficient (Wildman–Crippen LogP) is 5.52. The minimum Gasteiger partial charge on any atom is -0.355 e. The lowest BCUT2D eigenvalue weighted by Crippen LogP contribution is -2.13. The van der Waals surface area contributed by atoms with Crippen LogP contribution in [-0.2, 0) is 4.79 Å². The summed E-state index contributed by atoms with van der Waals surface area (Å²) in [6, 6.07) is 22.6. The molecule has 3 aromatic carbocycles. The first kappa shape index (κ1) is 16.9. The third-order valence-corrected chi connectivity index (χ3v) is 4.52. The molecule has 0 saturated heterocycles. The van der Waals surface area contributed by atoms with Crippen LogP contribution < -0.4 is 5.32 Å². The highest BCUT2D eigenvalue weighted by molar-refractivity contribution is 6.31. The van der Waals surface area contributed by atoms with Crippen LogP contribution in [0.5, 0.6) is 0 Å². The Kier molecular flexibility index (Phi) is 4.37. The van der Waals surface area contributed by atoms with Gasteiger partial charge in [-0.3, -0.25) is 4.79 Å². The number of rotatable bonds is 3. The summed E-state index contributed by atoms with van der Waals surface area (Å²) in [6.07, 6.45) is 1.58. The maximum atomic E-state index is 12.4. The Hall–Kier alpha value is -3.55. The molecule has 2 N–H and O–H groups in total. The summed E-state index contributed by atoms with van der Waals surface area (Å²) in [5.41, 5.74) is 3.41. The number of hydrogen-bond donors (Lipinski definition) is 2. The molecule has 5 heteroatoms. The molecule has 0 saturated carbocycles. The summed E-state index contributed by atoms with van der Waals surface area (Å²) >= 11 is 5.93. The van der Waals surface area contributed by atoms with Crippen molar-refractivity contribution >= 4 is 51.1 Å². The van der Waals surface area contributed by atoms with E-state index in [4.69, 9.17) is 11.6 Å². The number of hydrogen-bond acceptors (Lipinski definition) is 2. The average Bonchev–Trinajstić information content (AvgIpc) is 3.04. The summed E-state index contributed by atoms with van der Waals surface area (Å²) in [5, 5.41) is 14.8. The maximum absolute atomic E-state index is 12.4. The Morgan fingerprint density at radius 3 is 2.63 bits per heavy atom. The molecule has 0 bridgehead atoms. The molecule has 130 valence electrons. The van der Waals surface area contributed by atoms with Crippen molar-refractivity contribution in [3.8, 4) is 6.07 Å². The molecule has 1 heterocycles. The van der Waals surface area contributed by atoms with Gasteiger partial charge in [-0.1, -0.05) is 41.9 Å². The van der Waals surface area contributed by atoms with E-state index in [9.17, 15) is 10.1 Å². The van der Waals surface area contributed by atoms with E-state index in [-0.39, 0.29) is 5.57 Å². The number of fused-ring (bicyclic) bond motifs is 3. The summed E-state index contributed by atoms with van der Waals surface area (Å²) in [4.78, 5) is 15.8. The first-order chi connectivity index (χ1) is 13.1. The van der Waals surface area contributed by atoms with Crippen molar-refractivity contribution in [3.05, 3.63) is 82.9 Å². The van der Waals surface area contributed by atoms with Crippen LogP contribution in [-0.4, -0.2) is 10.9 Å². The summed E-state index contributed by atoms with van der Waals surface area (Å²) in [6.45, 7) is 0. The summed E-state index contributed by atoms with van der Waals surface area (Å²) in [7, 11) is 0. The Balaban J connectivity index is 1.68. The molecule has 0 radical (unpaired) electrons. The summed E-state index contributed by atoms with van der Waals surface area (Å²) < 4.78 is 0. The van der Waals surface area contributed by atoms with Crippen molar-refractivity contribution in [2.24, 2.45) is 0 Å². The lowest BCUT2D eigenvalue weighted by molar-refractivity contribution is -0.112. The predicted molar refractivity (Wildman–Crippen MR) is 109 cm³/mol. The van der Waals surface area contributed by atoms with E-state index in [0.29, 0.717) is 10.7 Å². The monoisotopic (exact) mass is 371 g/mol. The number of nitrogens with zero attached hydrogens (tertiary/aromatic N) is 1. The third kappa shape index (κ3) is 3.41. The lowest BCUT2D eigenvalue weighted by Gasteiger charge is -2.04. The molecule has 0 atom stereocenters. The number of aromatic nitrogens is 1. The van der Waals surface area contributed by atoms with Crippen LogP contribution in [0.25, 0.3) is 27.9 Å². The smallest absolute Gasteiger partial charge is 0.266 e. The molecule has 27 heavy (non-hydrogen) atoms. The van der Waals surface area contributed by atoms with E-state index >= 15 is 0 Å². The number of halogens is 1. The van der Waals surface area contributed by atoms with Crippen molar-refractivity contribution in [2.75, 3.05) is 5.32 Å². The molecule has 1 amide bonds. The SMILES string of the molecule is N#C/C(=C\c1ccc2[nH]c3ccccc3c2c1)C(=O)Nc1cccc(Cl)c1. The van der Waals surface area contributed by atoms with Gasteiger partial charge < -0.3 is 10.3 Å². The molecular formula is C22H14ClN3O. The number of carbonyl (C=O) groups excluding carboxylic acids is 1. The van der Waals surface area contributed by atoms with Gasteiger partial charge in [0.1, 0.15) is 11.6 Å². The zero-order chi connectivity index (χ0) is 18.8. The highest BCUT2D eigenvalue weighted by Gasteiger charge is 2.11. The molecule has 1 aromatic heterocycles. The Bertz CT molecular complexity index is 1250. The molecule has 4 aromatic rings. The Morgan fingerprint density at radius 1 is 1.00 bits per heavy atom. The quantitative estimate of drug-likeness (QED) is 0.367. The minimum absolute atomic E-state index is 0.0224. The summed E-state index contributed by atoms with van der Waals surface area (Å²) in [5.74, 6) is -0.473. The van der Waals surface area contributed by atoms with Crippen molar-refractivity contribution in [1.29, 1.82) is 5.26 Å². The van der Waals surface area contributed by atoms with E-state index in [1.54, 1.807) is 30.3 Å². The van der Waals surface area contributed by atoms with Gasteiger partial charge in [0.2, 0.25) is 0 Å². The lowest BCUT2D eigenvalue weighted by atomic mass is 10.1. The van der Waals surface area contributed by atoms with Gasteiger partial charge in [-0.15, -0.1) is 0 Å². The molecule has 4 nitrogen and oxygen atoms in total. The van der Waals surface area contributed by atoms with Gasteiger partial charge in [-0.25, -0.2) is 0 Å². The van der Waals surface area contributed by atoms with Gasteiger partial charge in [0, 0.05) is 32.5 Å². The van der Waals surface area contributed by atoms with E-state index in [2.05, 4.69) is 10.3 Å². The van der Waals surface area contributed by atoms with Gasteiger partial charge >= 0.3 is 0 Å². The second kappa shape index (κ2) is 6.99. The van der Waals surface area contributed by atoms with Crippen LogP contribution >= 0.6 is 11.6 Å². The van der Waals surface area contributed by atoms with Crippen LogP contribution in [0.4, 0.5) is 5.69 Å². The molecule has 0 aliphatic heterocycles. The van der Waals surface area contributed by atoms with Crippen molar-refractivity contribution < 1.29 is 4.79 Å². The number of aromatic amines is 1. The fraction of sp³-hybridized carbons (Fsp3) is 0. The normalized spacial score (nSPS) is 11.5. The van der Waals surface area contributed by atoms with E-state index in [1.165, 1.54) is 0 Å². The molecule has 0 aliphatic carbocycles. The van der Waals surface area contributed by atoms with Crippen molar-refractivity contribution in [2.45, 2.75) is 0 Å². The first-order valence-electron chi connectivity index (χ1n) is 8.33. The molecule has 4 rings (SSSR count). The van der Waals surface area contributed by atoms with E-state index in [0.717, 1.165) is 27.4 Å². The molecular weight excluding hydrogens is 358 g/mol. The number of anilines is 1. The number of H-pyrrole nitrogens is 1. The zero-order valence-corrected chi connectivity index (χ0v) is 14.9. The number of nitriles is 1. The number of benzene rings is 3. The Morgan fingerprint density at radius 2 is 1.81 bits per heavy atom. The van der Waals surface area contributed by atoms with E-state index in [1.807, 2.05) is 48.5 Å². The van der Waals surface area contributed by atoms with E-state index < -0.39 is 5.91 Å². The topological polar surface area (TPSA) is 68.7 Å². The fourth-order valence-corrected chi connectivity index (χ4v) is 3.23. The van der Waals surface area contributed by atoms with Gasteiger partial charge in [0.05, 0.1) is 0 Å². The molecule has 0 unspecified atom stereocenters. The second-order valence-corrected chi connectivity index (χ2v) is 6.55. The highest BCUT2D eigenvalue weighted by atomic mass is 35.5. The van der Waals surface area contributed by atoms with Gasteiger partial charge in [-0.05, 0) is 48.0 Å². The standard InChI is InChI=1S/C22H14ClN3O/c23-16-4-3-5-17(12-16)25-22(27)15(13-24)10-14-8-9-21-19(11-14)18-6-1-2-7-20(18)26-21/h1-12,26H,(H,25,27)/b15-10+. The number of amides is 1. The molecule has 0 fully saturated rings. The largest absolute Gasteiger partial charge is 0.355 e. The van der Waals surface area contributed by atoms with Gasteiger partial charge in [0.25, 0.3) is 5.91 Å². The highest BCUT2D eigenvalue weighted by Crippen LogP contribution is 2.27. The van der Waals surface area contributed by atoms with Crippen LogP contribution in [0.1, 0.15) is 5.56 Å². The van der Waals surface area contributed by atoms with Crippen LogP contribution in [0.2, 0.25) is 5.02 Å². The van der Waals surface area contributed by atoms with Crippen LogP contribution in [0.15, 0.2) is 72.3 Å².